The molecule has 2 aromatic rings. The Morgan fingerprint density at radius 3 is 2.00 bits per heavy atom. The summed E-state index contributed by atoms with van der Waals surface area (Å²) < 4.78 is 65.5. The van der Waals surface area contributed by atoms with E-state index in [9.17, 15) is 16.8 Å². The van der Waals surface area contributed by atoms with Gasteiger partial charge in [-0.1, -0.05) is 24.3 Å². The van der Waals surface area contributed by atoms with Crippen molar-refractivity contribution in [3.8, 4) is 0 Å². The summed E-state index contributed by atoms with van der Waals surface area (Å²) in [5.74, 6) is 0. The molecule has 2 saturated heterocycles. The second kappa shape index (κ2) is 10.6. The smallest absolute Gasteiger partial charge is 0.243 e. The van der Waals surface area contributed by atoms with Crippen molar-refractivity contribution in [1.29, 1.82) is 0 Å². The van der Waals surface area contributed by atoms with E-state index in [2.05, 4.69) is 9.62 Å². The second-order valence-electron chi connectivity index (χ2n) is 8.02. The minimum atomic E-state index is -3.79. The van der Waals surface area contributed by atoms with Crippen LogP contribution >= 0.6 is 0 Å². The van der Waals surface area contributed by atoms with Gasteiger partial charge in [0.05, 0.1) is 36.2 Å². The molecule has 33 heavy (non-hydrogen) atoms. The van der Waals surface area contributed by atoms with Crippen molar-refractivity contribution in [2.45, 2.75) is 22.9 Å². The maximum Gasteiger partial charge on any atom is 0.243 e. The van der Waals surface area contributed by atoms with Crippen molar-refractivity contribution in [2.24, 2.45) is 0 Å². The summed E-state index contributed by atoms with van der Waals surface area (Å²) in [7, 11) is -7.46. The number of ether oxygens (including phenoxy) is 2. The first-order chi connectivity index (χ1) is 15.8. The Morgan fingerprint density at radius 2 is 1.33 bits per heavy atom. The van der Waals surface area contributed by atoms with Gasteiger partial charge in [-0.25, -0.2) is 21.6 Å². The zero-order valence-electron chi connectivity index (χ0n) is 18.4. The lowest BCUT2D eigenvalue weighted by molar-refractivity contribution is 0.0342. The van der Waals surface area contributed by atoms with Gasteiger partial charge in [0.1, 0.15) is 0 Å². The van der Waals surface area contributed by atoms with Crippen molar-refractivity contribution in [3.05, 3.63) is 59.7 Å². The molecule has 0 radical (unpaired) electrons. The van der Waals surface area contributed by atoms with E-state index in [0.717, 1.165) is 44.0 Å². The van der Waals surface area contributed by atoms with Crippen LogP contribution in [0.2, 0.25) is 0 Å². The summed E-state index contributed by atoms with van der Waals surface area (Å²) in [4.78, 5) is 2.39. The highest BCUT2D eigenvalue weighted by molar-refractivity contribution is 7.89. The molecule has 11 heteroatoms. The molecule has 4 rings (SSSR count). The van der Waals surface area contributed by atoms with Gasteiger partial charge in [0.15, 0.2) is 0 Å². The number of nitrogens with one attached hydrogen (secondary N) is 1. The number of benzene rings is 2. The number of morpholine rings is 2. The van der Waals surface area contributed by atoms with Crippen molar-refractivity contribution < 1.29 is 26.3 Å². The highest BCUT2D eigenvalue weighted by Crippen LogP contribution is 2.20. The van der Waals surface area contributed by atoms with Crippen LogP contribution in [0.1, 0.15) is 11.1 Å². The Labute approximate surface area is 195 Å². The fraction of sp³-hybridized carbons (Fsp3) is 0.455. The van der Waals surface area contributed by atoms with Crippen molar-refractivity contribution in [3.63, 3.8) is 0 Å². The molecule has 1 N–H and O–H groups in total. The molecule has 0 unspecified atom stereocenters. The lowest BCUT2D eigenvalue weighted by atomic mass is 10.1. The molecule has 180 valence electrons. The van der Waals surface area contributed by atoms with Gasteiger partial charge in [-0.05, 0) is 35.4 Å². The quantitative estimate of drug-likeness (QED) is 0.583. The van der Waals surface area contributed by atoms with E-state index < -0.39 is 20.0 Å². The van der Waals surface area contributed by atoms with Crippen LogP contribution in [-0.2, 0) is 42.6 Å². The van der Waals surface area contributed by atoms with E-state index >= 15 is 0 Å². The molecule has 2 aliphatic rings. The lowest BCUT2D eigenvalue weighted by Gasteiger charge is -2.26. The van der Waals surface area contributed by atoms with Crippen molar-refractivity contribution >= 4 is 20.0 Å². The molecular formula is C22H29N3O6S2. The van der Waals surface area contributed by atoms with Gasteiger partial charge >= 0.3 is 0 Å². The first-order valence-electron chi connectivity index (χ1n) is 10.9. The van der Waals surface area contributed by atoms with Gasteiger partial charge in [0.25, 0.3) is 0 Å². The molecule has 0 atom stereocenters. The van der Waals surface area contributed by atoms with Crippen LogP contribution in [0.4, 0.5) is 0 Å². The molecule has 2 heterocycles. The number of hydrogen-bond donors (Lipinski definition) is 1. The van der Waals surface area contributed by atoms with E-state index in [-0.39, 0.29) is 29.4 Å². The monoisotopic (exact) mass is 495 g/mol. The highest BCUT2D eigenvalue weighted by atomic mass is 32.2. The number of rotatable bonds is 8. The Bertz CT molecular complexity index is 1140. The normalized spacial score (nSPS) is 18.9. The van der Waals surface area contributed by atoms with E-state index in [1.165, 1.54) is 28.6 Å². The maximum atomic E-state index is 12.8. The van der Waals surface area contributed by atoms with Gasteiger partial charge in [-0.15, -0.1) is 0 Å². The Hall–Kier alpha value is -1.86. The van der Waals surface area contributed by atoms with Crippen LogP contribution in [0.5, 0.6) is 0 Å². The van der Waals surface area contributed by atoms with Crippen molar-refractivity contribution in [1.82, 2.24) is 13.9 Å². The zero-order valence-corrected chi connectivity index (χ0v) is 20.0. The SMILES string of the molecule is O=S(=O)(NCc1cccc(CN2CCOCC2)c1)c1ccc(S(=O)(=O)N2CCOCC2)cc1. The second-order valence-corrected chi connectivity index (χ2v) is 11.7. The van der Waals surface area contributed by atoms with Crippen LogP contribution in [0.25, 0.3) is 0 Å². The molecule has 0 saturated carbocycles. The van der Waals surface area contributed by atoms with E-state index in [1.54, 1.807) is 0 Å². The molecule has 0 bridgehead atoms. The zero-order chi connectivity index (χ0) is 23.3. The standard InChI is InChI=1S/C22H29N3O6S2/c26-32(27,21-4-6-22(7-5-21)33(28,29)25-10-14-31-15-11-25)23-17-19-2-1-3-20(16-19)18-24-8-12-30-13-9-24/h1-7,16,23H,8-15,17-18H2. The molecule has 0 spiro atoms. The third kappa shape index (κ3) is 6.18. The Balaban J connectivity index is 1.39. The summed E-state index contributed by atoms with van der Waals surface area (Å²) in [5.41, 5.74) is 1.97. The molecular weight excluding hydrogens is 466 g/mol. The van der Waals surface area contributed by atoms with Crippen LogP contribution < -0.4 is 4.72 Å². The third-order valence-electron chi connectivity index (χ3n) is 5.71. The number of sulfonamides is 2. The van der Waals surface area contributed by atoms with Crippen LogP contribution in [0, 0.1) is 0 Å². The summed E-state index contributed by atoms with van der Waals surface area (Å²) >= 11 is 0. The Kier molecular flexibility index (Phi) is 7.80. The molecule has 2 aromatic carbocycles. The fourth-order valence-corrected chi connectivity index (χ4v) is 6.27. The first-order valence-corrected chi connectivity index (χ1v) is 13.8. The lowest BCUT2D eigenvalue weighted by Crippen LogP contribution is -2.40. The van der Waals surface area contributed by atoms with Crippen LogP contribution in [-0.4, -0.2) is 78.6 Å². The van der Waals surface area contributed by atoms with Crippen LogP contribution in [0.3, 0.4) is 0 Å². The molecule has 0 aliphatic carbocycles. The summed E-state index contributed by atoms with van der Waals surface area (Å²) in [6, 6.07) is 13.1. The average Bonchev–Trinajstić information content (AvgIpc) is 2.84. The maximum absolute atomic E-state index is 12.8. The predicted octanol–water partition coefficient (Wildman–Crippen LogP) is 1.02. The van der Waals surface area contributed by atoms with Gasteiger partial charge in [-0.2, -0.15) is 4.31 Å². The van der Waals surface area contributed by atoms with E-state index in [4.69, 9.17) is 9.47 Å². The predicted molar refractivity (Wildman–Crippen MR) is 123 cm³/mol. The number of nitrogens with zero attached hydrogens (tertiary/aromatic N) is 2. The van der Waals surface area contributed by atoms with Gasteiger partial charge in [0, 0.05) is 39.3 Å². The largest absolute Gasteiger partial charge is 0.379 e. The fourth-order valence-electron chi connectivity index (χ4n) is 3.84. The minimum Gasteiger partial charge on any atom is -0.379 e. The molecule has 2 aliphatic heterocycles. The molecule has 0 amide bonds. The van der Waals surface area contributed by atoms with Crippen LogP contribution in [0.15, 0.2) is 58.3 Å². The summed E-state index contributed by atoms with van der Waals surface area (Å²) in [5, 5.41) is 0. The summed E-state index contributed by atoms with van der Waals surface area (Å²) in [6.45, 7) is 5.44. The highest BCUT2D eigenvalue weighted by Gasteiger charge is 2.26. The van der Waals surface area contributed by atoms with Gasteiger partial charge in [-0.3, -0.25) is 4.90 Å². The molecule has 0 aromatic heterocycles. The number of hydrogen-bond acceptors (Lipinski definition) is 7. The average molecular weight is 496 g/mol. The third-order valence-corrected chi connectivity index (χ3v) is 9.04. The van der Waals surface area contributed by atoms with Crippen molar-refractivity contribution in [2.75, 3.05) is 52.6 Å². The topological polar surface area (TPSA) is 105 Å². The van der Waals surface area contributed by atoms with E-state index in [1.807, 2.05) is 24.3 Å². The first kappa shape index (κ1) is 24.3. The molecule has 9 nitrogen and oxygen atoms in total. The minimum absolute atomic E-state index is 0.0212. The summed E-state index contributed by atoms with van der Waals surface area (Å²) in [6.07, 6.45) is 0. The Morgan fingerprint density at radius 1 is 0.758 bits per heavy atom. The van der Waals surface area contributed by atoms with E-state index in [0.29, 0.717) is 13.2 Å². The molecule has 2 fully saturated rings. The van der Waals surface area contributed by atoms with Gasteiger partial charge < -0.3 is 9.47 Å². The van der Waals surface area contributed by atoms with Gasteiger partial charge in [0.2, 0.25) is 20.0 Å².